The molecule has 0 aliphatic heterocycles. The van der Waals surface area contributed by atoms with Crippen molar-refractivity contribution in [3.8, 4) is 0 Å². The number of carbonyl (C=O) groups excluding carboxylic acids is 10. The summed E-state index contributed by atoms with van der Waals surface area (Å²) in [5.41, 5.74) is 0. The van der Waals surface area contributed by atoms with Crippen molar-refractivity contribution in [3.05, 3.63) is 0 Å². The summed E-state index contributed by atoms with van der Waals surface area (Å²) in [6, 6.07) is 0. The number of quaternary nitrogens is 2. The minimum absolute atomic E-state index is 0.0225. The van der Waals surface area contributed by atoms with Gasteiger partial charge in [0.25, 0.3) is 0 Å². The Kier molecular flexibility index (Phi) is 47.0. The van der Waals surface area contributed by atoms with Crippen LogP contribution in [0, 0.1) is 0 Å². The van der Waals surface area contributed by atoms with Crippen molar-refractivity contribution in [2.75, 3.05) is 153 Å². The topological polar surface area (TPSA) is 266 Å². The Labute approximate surface area is 521 Å². The molecule has 0 aromatic rings. The fourth-order valence-corrected chi connectivity index (χ4v) is 10.8. The molecule has 2 unspecified atom stereocenters. The van der Waals surface area contributed by atoms with Gasteiger partial charge >= 0.3 is 235 Å². The Morgan fingerprint density at radius 3 is 1.17 bits per heavy atom. The summed E-state index contributed by atoms with van der Waals surface area (Å²) in [5.74, 6) is -3.60. The van der Waals surface area contributed by atoms with E-state index in [4.69, 9.17) is 47.4 Å². The number of likely N-dealkylation sites (N-methyl/N-ethyl adjacent to an activating group) is 3. The van der Waals surface area contributed by atoms with Crippen molar-refractivity contribution in [3.63, 3.8) is 0 Å². The zero-order valence-electron chi connectivity index (χ0n) is 55.4. The molecule has 0 aromatic carbocycles. The fraction of sp³-hybridized carbons (Fsp3) is 0.841. The van der Waals surface area contributed by atoms with Crippen molar-refractivity contribution >= 4 is 67.0 Å². The van der Waals surface area contributed by atoms with Crippen molar-refractivity contribution in [2.45, 2.75) is 194 Å². The number of hydrogen-bond acceptors (Lipinski definition) is 21. The van der Waals surface area contributed by atoms with E-state index in [0.29, 0.717) is 64.7 Å². The van der Waals surface area contributed by atoms with Crippen molar-refractivity contribution in [2.24, 2.45) is 0 Å². The predicted octanol–water partition coefficient (Wildman–Crippen LogP) is 7.69. The number of ether oxygens (including phenoxy) is 10. The van der Waals surface area contributed by atoms with Gasteiger partial charge in [0, 0.05) is 40.2 Å². The van der Waals surface area contributed by atoms with Crippen LogP contribution in [0.25, 0.3) is 0 Å². The summed E-state index contributed by atoms with van der Waals surface area (Å²) < 4.78 is 54.2. The van der Waals surface area contributed by atoms with Gasteiger partial charge in [-0.1, -0.05) is 64.2 Å². The van der Waals surface area contributed by atoms with E-state index < -0.39 is 43.3 Å². The molecule has 87 heavy (non-hydrogen) atoms. The van der Waals surface area contributed by atoms with Crippen LogP contribution in [-0.2, 0) is 95.3 Å². The normalized spacial score (nSPS) is 12.5. The molecule has 0 N–H and O–H groups in total. The number of nitrogens with zero attached hydrogens (tertiary/aromatic N) is 3. The van der Waals surface area contributed by atoms with Crippen LogP contribution >= 0.6 is 7.26 Å². The van der Waals surface area contributed by atoms with Crippen molar-refractivity contribution < 1.29 is 104 Å². The summed E-state index contributed by atoms with van der Waals surface area (Å²) >= 11 is 0. The third-order valence-corrected chi connectivity index (χ3v) is 17.1. The Bertz CT molecular complexity index is 1990. The first-order valence-electron chi connectivity index (χ1n) is 32.0. The molecule has 23 nitrogen and oxygen atoms in total. The second-order valence-electron chi connectivity index (χ2n) is 25.0. The first kappa shape index (κ1) is 82.0. The summed E-state index contributed by atoms with van der Waals surface area (Å²) in [6.07, 6.45) is 19.9. The maximum absolute atomic E-state index is 13.0. The van der Waals surface area contributed by atoms with Gasteiger partial charge in [0.05, 0.1) is 33.9 Å². The number of esters is 10. The molecule has 2 atom stereocenters. The minimum Gasteiger partial charge on any atom is -0.460 e. The second-order valence-corrected chi connectivity index (χ2v) is 30.2. The quantitative estimate of drug-likeness (QED) is 0.0186. The van der Waals surface area contributed by atoms with Crippen LogP contribution in [-0.4, -0.2) is 239 Å². The predicted molar refractivity (Wildman–Crippen MR) is 332 cm³/mol. The summed E-state index contributed by atoms with van der Waals surface area (Å²) in [5, 5.41) is 0. The van der Waals surface area contributed by atoms with Crippen LogP contribution in [0.1, 0.15) is 182 Å². The molecule has 0 spiro atoms. The fourth-order valence-electron chi connectivity index (χ4n) is 9.07. The number of rotatable bonds is 55. The first-order valence-corrected chi connectivity index (χ1v) is 35.4. The molecule has 0 heterocycles. The van der Waals surface area contributed by atoms with Crippen LogP contribution in [0.15, 0.2) is 0 Å². The monoisotopic (exact) mass is 1270 g/mol. The Morgan fingerprint density at radius 1 is 0.379 bits per heavy atom. The molecule has 24 heteroatoms. The van der Waals surface area contributed by atoms with Crippen LogP contribution in [0.5, 0.6) is 0 Å². The molecule has 0 fully saturated rings. The Hall–Kier alpha value is -4.99. The SMILES string of the molecule is CC(=O)OCCN(C)CC(=O)OC(CCCCCCCCC(=O)OCCCCCCCCCCOC(=O)CCCCCCCCC(COC(=O)C[PH](C)(C)CCOC(C)=O)OC(=O)C[N+](C)(C)CCOC(C)=O)COC(=O)C[N+](C)(C)CCOC(C)=O. The molecule has 0 aliphatic carbocycles. The molecule has 0 saturated heterocycles. The third-order valence-electron chi connectivity index (χ3n) is 14.3. The van der Waals surface area contributed by atoms with E-state index in [-0.39, 0.29) is 110 Å². The number of hydrogen-bond donors (Lipinski definition) is 0. The number of unbranched alkanes of at least 4 members (excludes halogenated alkanes) is 17. The molecule has 0 aromatic heterocycles. The van der Waals surface area contributed by atoms with Crippen LogP contribution in [0.3, 0.4) is 0 Å². The summed E-state index contributed by atoms with van der Waals surface area (Å²) in [7, 11) is 7.03. The van der Waals surface area contributed by atoms with Crippen LogP contribution in [0.4, 0.5) is 0 Å². The maximum atomic E-state index is 13.0. The van der Waals surface area contributed by atoms with Gasteiger partial charge in [-0.2, -0.15) is 0 Å². The molecule has 0 aliphatic rings. The Balaban J connectivity index is 4.28. The molecule has 0 radical (unpaired) electrons. The number of carbonyl (C=O) groups is 10. The summed E-state index contributed by atoms with van der Waals surface area (Å²) in [4.78, 5) is 122. The molecular weight excluding hydrogens is 1150 g/mol. The zero-order valence-corrected chi connectivity index (χ0v) is 56.4. The van der Waals surface area contributed by atoms with Gasteiger partial charge in [-0.25, -0.2) is 4.79 Å². The summed E-state index contributed by atoms with van der Waals surface area (Å²) in [6.45, 7) is 12.2. The van der Waals surface area contributed by atoms with E-state index in [1.54, 1.807) is 11.9 Å². The smallest absolute Gasteiger partial charge is 0.460 e. The van der Waals surface area contributed by atoms with Crippen molar-refractivity contribution in [1.29, 1.82) is 0 Å². The minimum atomic E-state index is -2.04. The van der Waals surface area contributed by atoms with Crippen molar-refractivity contribution in [1.82, 2.24) is 4.90 Å². The molecule has 0 bridgehead atoms. The van der Waals surface area contributed by atoms with E-state index in [0.717, 1.165) is 128 Å². The molecule has 0 rings (SSSR count). The average molecular weight is 1270 g/mol. The molecule has 506 valence electrons. The van der Waals surface area contributed by atoms with E-state index in [9.17, 15) is 47.9 Å². The average Bonchev–Trinajstić information content (AvgIpc) is 3.44. The molecule has 0 saturated carbocycles. The van der Waals surface area contributed by atoms with E-state index in [1.807, 2.05) is 41.5 Å². The van der Waals surface area contributed by atoms with Gasteiger partial charge in [-0.3, -0.25) is 33.7 Å². The second kappa shape index (κ2) is 49.8. The van der Waals surface area contributed by atoms with Gasteiger partial charge in [-0.15, -0.1) is 0 Å². The van der Waals surface area contributed by atoms with Gasteiger partial charge in [0.1, 0.15) is 32.5 Å². The van der Waals surface area contributed by atoms with Gasteiger partial charge in [-0.05, 0) is 39.2 Å². The van der Waals surface area contributed by atoms with Gasteiger partial charge in [0.2, 0.25) is 0 Å². The van der Waals surface area contributed by atoms with Crippen LogP contribution < -0.4 is 0 Å². The molecule has 0 amide bonds. The Morgan fingerprint density at radius 2 is 0.736 bits per heavy atom. The van der Waals surface area contributed by atoms with E-state index in [2.05, 4.69) is 0 Å². The zero-order chi connectivity index (χ0) is 65.4. The van der Waals surface area contributed by atoms with Gasteiger partial charge < -0.3 is 32.9 Å². The standard InChI is InChI=1S/C63H116N3O20P/c1-52(67)77-41-36-64(5)46-60(73)85-56(49-83-61(74)47-65(6,7)37-42-78-53(2)68)32-26-20-14-16-22-28-34-58(71)81-39-30-24-18-12-13-19-25-31-40-82-59(72)35-29-23-17-15-21-27-33-57(86-62(75)48-66(8,9)38-43-79-54(3)69)50-84-63(76)51-87(10,11)45-44-80-55(4)70/h56-57,87H,12-51H2,1-11H3/q+2. The van der Waals surface area contributed by atoms with Crippen LogP contribution in [0.2, 0.25) is 0 Å². The molecular formula is C63H116N3O20P+2. The first-order chi connectivity index (χ1) is 41.1. The third kappa shape index (κ3) is 54.9. The van der Waals surface area contributed by atoms with E-state index >= 15 is 0 Å². The van der Waals surface area contributed by atoms with E-state index in [1.165, 1.54) is 27.7 Å². The van der Waals surface area contributed by atoms with Gasteiger partial charge in [0.15, 0.2) is 6.54 Å².